The summed E-state index contributed by atoms with van der Waals surface area (Å²) in [4.78, 5) is 14.4. The fourth-order valence-corrected chi connectivity index (χ4v) is 2.70. The van der Waals surface area contributed by atoms with Crippen LogP contribution in [0.15, 0.2) is 42.5 Å². The highest BCUT2D eigenvalue weighted by atomic mass is 35.5. The van der Waals surface area contributed by atoms with Gasteiger partial charge in [0.15, 0.2) is 0 Å². The molecule has 0 heterocycles. The largest absolute Gasteiger partial charge is 0.494 e. The summed E-state index contributed by atoms with van der Waals surface area (Å²) in [5, 5.41) is 9.61. The van der Waals surface area contributed by atoms with Crippen molar-refractivity contribution in [1.29, 1.82) is 5.26 Å². The molecule has 0 unspecified atom stereocenters. The molecule has 0 saturated carbocycles. The van der Waals surface area contributed by atoms with Gasteiger partial charge in [0.2, 0.25) is 0 Å². The average molecular weight is 363 g/mol. The molecule has 0 saturated heterocycles. The van der Waals surface area contributed by atoms with Crippen LogP contribution >= 0.6 is 23.2 Å². The Morgan fingerprint density at radius 3 is 2.50 bits per heavy atom. The molecule has 0 aliphatic carbocycles. The van der Waals surface area contributed by atoms with Crippen molar-refractivity contribution in [2.24, 2.45) is 0 Å². The number of carbonyl (C=O) groups excluding carboxylic acids is 1. The number of rotatable bonds is 6. The molecule has 0 N–H and O–H groups in total. The van der Waals surface area contributed by atoms with Crippen LogP contribution in [0.5, 0.6) is 5.75 Å². The molecule has 0 atom stereocenters. The minimum atomic E-state index is -0.281. The number of benzene rings is 2. The Morgan fingerprint density at radius 1 is 1.21 bits per heavy atom. The lowest BCUT2D eigenvalue weighted by Gasteiger charge is -2.22. The highest BCUT2D eigenvalue weighted by molar-refractivity contribution is 6.37. The molecule has 0 spiro atoms. The van der Waals surface area contributed by atoms with Gasteiger partial charge < -0.3 is 9.64 Å². The van der Waals surface area contributed by atoms with E-state index >= 15 is 0 Å². The molecule has 24 heavy (non-hydrogen) atoms. The molecule has 124 valence electrons. The van der Waals surface area contributed by atoms with Crippen LogP contribution in [0.3, 0.4) is 0 Å². The van der Waals surface area contributed by atoms with Gasteiger partial charge in [-0.25, -0.2) is 0 Å². The molecule has 0 aliphatic rings. The Bertz CT molecular complexity index is 755. The van der Waals surface area contributed by atoms with E-state index in [4.69, 9.17) is 33.2 Å². The minimum absolute atomic E-state index is 0.212. The second-order valence-electron chi connectivity index (χ2n) is 4.92. The van der Waals surface area contributed by atoms with E-state index in [0.29, 0.717) is 22.9 Å². The Morgan fingerprint density at radius 2 is 1.92 bits per heavy atom. The first-order valence-electron chi connectivity index (χ1n) is 7.43. The fraction of sp³-hybridized carbons (Fsp3) is 0.222. The zero-order valence-electron chi connectivity index (χ0n) is 13.1. The van der Waals surface area contributed by atoms with Crippen molar-refractivity contribution in [1.82, 2.24) is 0 Å². The van der Waals surface area contributed by atoms with Crippen molar-refractivity contribution >= 4 is 34.8 Å². The number of halogens is 2. The minimum Gasteiger partial charge on any atom is -0.494 e. The number of hydrogen-bond acceptors (Lipinski definition) is 3. The maximum Gasteiger partial charge on any atom is 0.259 e. The van der Waals surface area contributed by atoms with Gasteiger partial charge in [-0.2, -0.15) is 5.26 Å². The smallest absolute Gasteiger partial charge is 0.259 e. The van der Waals surface area contributed by atoms with E-state index in [1.807, 2.05) is 6.92 Å². The Kier molecular flexibility index (Phi) is 6.48. The van der Waals surface area contributed by atoms with Crippen molar-refractivity contribution in [2.45, 2.75) is 13.3 Å². The van der Waals surface area contributed by atoms with E-state index in [1.165, 1.54) is 11.0 Å². The van der Waals surface area contributed by atoms with Gasteiger partial charge in [0.05, 0.1) is 29.7 Å². The van der Waals surface area contributed by atoms with E-state index in [2.05, 4.69) is 6.07 Å². The van der Waals surface area contributed by atoms with Gasteiger partial charge in [0.25, 0.3) is 5.91 Å². The van der Waals surface area contributed by atoms with Crippen LogP contribution in [-0.4, -0.2) is 19.1 Å². The monoisotopic (exact) mass is 362 g/mol. The molecule has 6 heteroatoms. The van der Waals surface area contributed by atoms with Crippen LogP contribution in [0.1, 0.15) is 23.7 Å². The van der Waals surface area contributed by atoms with Crippen LogP contribution in [0.4, 0.5) is 5.69 Å². The summed E-state index contributed by atoms with van der Waals surface area (Å²) >= 11 is 12.0. The standard InChI is InChI=1S/C18H16Cl2N2O2/c1-2-24-15-7-5-14(6-8-15)22(11-3-10-21)18(23)16-9-4-13(19)12-17(16)20/h4-9,12H,2-3,11H2,1H3. The lowest BCUT2D eigenvalue weighted by Crippen LogP contribution is -2.32. The third-order valence-electron chi connectivity index (χ3n) is 3.31. The van der Waals surface area contributed by atoms with Gasteiger partial charge >= 0.3 is 0 Å². The molecule has 2 rings (SSSR count). The molecular formula is C18H16Cl2N2O2. The lowest BCUT2D eigenvalue weighted by molar-refractivity contribution is 0.0987. The number of amides is 1. The first-order valence-corrected chi connectivity index (χ1v) is 8.19. The molecule has 0 aliphatic heterocycles. The normalized spacial score (nSPS) is 10.1. The summed E-state index contributed by atoms with van der Waals surface area (Å²) < 4.78 is 5.41. The summed E-state index contributed by atoms with van der Waals surface area (Å²) in [6, 6.07) is 13.9. The molecule has 0 fully saturated rings. The number of anilines is 1. The van der Waals surface area contributed by atoms with Crippen molar-refractivity contribution in [3.05, 3.63) is 58.1 Å². The van der Waals surface area contributed by atoms with E-state index in [0.717, 1.165) is 5.75 Å². The van der Waals surface area contributed by atoms with Gasteiger partial charge in [0, 0.05) is 17.3 Å². The number of ether oxygens (including phenoxy) is 1. The first kappa shape index (κ1) is 18.1. The summed E-state index contributed by atoms with van der Waals surface area (Å²) in [5.41, 5.74) is 1.01. The predicted octanol–water partition coefficient (Wildman–Crippen LogP) is 4.95. The van der Waals surface area contributed by atoms with Crippen LogP contribution in [-0.2, 0) is 0 Å². The summed E-state index contributed by atoms with van der Waals surface area (Å²) in [6.45, 7) is 2.73. The molecule has 0 radical (unpaired) electrons. The maximum absolute atomic E-state index is 12.9. The molecule has 4 nitrogen and oxygen atoms in total. The van der Waals surface area contributed by atoms with E-state index < -0.39 is 0 Å². The van der Waals surface area contributed by atoms with Crippen molar-refractivity contribution in [3.63, 3.8) is 0 Å². The number of nitriles is 1. The van der Waals surface area contributed by atoms with Crippen LogP contribution in [0.25, 0.3) is 0 Å². The molecule has 2 aromatic rings. The summed E-state index contributed by atoms with van der Waals surface area (Å²) in [6.07, 6.45) is 0.212. The highest BCUT2D eigenvalue weighted by Crippen LogP contribution is 2.26. The summed E-state index contributed by atoms with van der Waals surface area (Å²) in [5.74, 6) is 0.439. The molecule has 1 amide bonds. The van der Waals surface area contributed by atoms with Crippen molar-refractivity contribution in [3.8, 4) is 11.8 Å². The second kappa shape index (κ2) is 8.58. The lowest BCUT2D eigenvalue weighted by atomic mass is 10.1. The number of nitrogens with zero attached hydrogens (tertiary/aromatic N) is 2. The number of carbonyl (C=O) groups is 1. The van der Waals surface area contributed by atoms with E-state index in [9.17, 15) is 4.79 Å². The maximum atomic E-state index is 12.9. The number of hydrogen-bond donors (Lipinski definition) is 0. The van der Waals surface area contributed by atoms with Gasteiger partial charge in [-0.1, -0.05) is 23.2 Å². The van der Waals surface area contributed by atoms with Gasteiger partial charge in [-0.3, -0.25) is 4.79 Å². The first-order chi connectivity index (χ1) is 11.6. The third kappa shape index (κ3) is 4.41. The fourth-order valence-electron chi connectivity index (χ4n) is 2.21. The zero-order valence-corrected chi connectivity index (χ0v) is 14.6. The Balaban J connectivity index is 2.33. The molecule has 0 bridgehead atoms. The van der Waals surface area contributed by atoms with E-state index in [-0.39, 0.29) is 23.9 Å². The van der Waals surface area contributed by atoms with Gasteiger partial charge in [0.1, 0.15) is 5.75 Å². The molecule has 0 aromatic heterocycles. The SMILES string of the molecule is CCOc1ccc(N(CCC#N)C(=O)c2ccc(Cl)cc2Cl)cc1. The van der Waals surface area contributed by atoms with E-state index in [1.54, 1.807) is 36.4 Å². The molecular weight excluding hydrogens is 347 g/mol. The van der Waals surface area contributed by atoms with Crippen molar-refractivity contribution in [2.75, 3.05) is 18.1 Å². The Hall–Kier alpha value is -2.22. The van der Waals surface area contributed by atoms with Crippen molar-refractivity contribution < 1.29 is 9.53 Å². The van der Waals surface area contributed by atoms with Crippen LogP contribution in [0, 0.1) is 11.3 Å². The molecule has 2 aromatic carbocycles. The average Bonchev–Trinajstić information content (AvgIpc) is 2.56. The third-order valence-corrected chi connectivity index (χ3v) is 3.86. The van der Waals surface area contributed by atoms with Gasteiger partial charge in [-0.15, -0.1) is 0 Å². The zero-order chi connectivity index (χ0) is 17.5. The Labute approximate surface area is 151 Å². The predicted molar refractivity (Wildman–Crippen MR) is 96.0 cm³/mol. The van der Waals surface area contributed by atoms with Crippen LogP contribution < -0.4 is 9.64 Å². The quantitative estimate of drug-likeness (QED) is 0.730. The second-order valence-corrected chi connectivity index (χ2v) is 5.76. The topological polar surface area (TPSA) is 53.3 Å². The van der Waals surface area contributed by atoms with Gasteiger partial charge in [-0.05, 0) is 49.4 Å². The summed E-state index contributed by atoms with van der Waals surface area (Å²) in [7, 11) is 0. The highest BCUT2D eigenvalue weighted by Gasteiger charge is 2.20. The van der Waals surface area contributed by atoms with Crippen LogP contribution in [0.2, 0.25) is 10.0 Å².